The van der Waals surface area contributed by atoms with Gasteiger partial charge in [0.25, 0.3) is 5.91 Å². The van der Waals surface area contributed by atoms with Gasteiger partial charge in [-0.3, -0.25) is 4.79 Å². The number of likely N-dealkylation sites (tertiary alicyclic amines) is 1. The molecule has 0 spiro atoms. The van der Waals surface area contributed by atoms with E-state index >= 15 is 0 Å². The Morgan fingerprint density at radius 2 is 2.03 bits per heavy atom. The highest BCUT2D eigenvalue weighted by molar-refractivity contribution is 5.92. The third-order valence-corrected chi connectivity index (χ3v) is 5.47. The summed E-state index contributed by atoms with van der Waals surface area (Å²) in [5.74, 6) is 2.15. The summed E-state index contributed by atoms with van der Waals surface area (Å²) in [7, 11) is 0. The predicted octanol–water partition coefficient (Wildman–Crippen LogP) is 4.58. The van der Waals surface area contributed by atoms with E-state index in [4.69, 9.17) is 14.4 Å². The first-order chi connectivity index (χ1) is 15.2. The topological polar surface area (TPSA) is 95.1 Å². The van der Waals surface area contributed by atoms with Crippen LogP contribution in [0.2, 0.25) is 0 Å². The molecule has 7 heteroatoms. The highest BCUT2D eigenvalue weighted by Crippen LogP contribution is 2.33. The van der Waals surface area contributed by atoms with Gasteiger partial charge >= 0.3 is 0 Å². The van der Waals surface area contributed by atoms with Gasteiger partial charge in [0.2, 0.25) is 0 Å². The first kappa shape index (κ1) is 18.9. The molecule has 0 saturated carbocycles. The largest absolute Gasteiger partial charge is 0.486 e. The monoisotopic (exact) mass is 412 g/mol. The Labute approximate surface area is 178 Å². The van der Waals surface area contributed by atoms with Crippen molar-refractivity contribution in [3.05, 3.63) is 83.6 Å². The van der Waals surface area contributed by atoms with Crippen LogP contribution in [-0.4, -0.2) is 27.3 Å². The summed E-state index contributed by atoms with van der Waals surface area (Å²) in [4.78, 5) is 23.0. The molecule has 1 amide bonds. The minimum atomic E-state index is -0.146. The number of amides is 1. The number of nitrogens with zero attached hydrogens (tertiary/aromatic N) is 3. The molecule has 1 saturated heterocycles. The molecule has 1 fully saturated rings. The average molecular weight is 412 g/mol. The van der Waals surface area contributed by atoms with Crippen molar-refractivity contribution >= 4 is 16.9 Å². The molecule has 2 aromatic carbocycles. The number of nitrogens with one attached hydrogen (secondary N) is 1. The van der Waals surface area contributed by atoms with Gasteiger partial charge < -0.3 is 19.0 Å². The van der Waals surface area contributed by atoms with E-state index < -0.39 is 0 Å². The number of imidazole rings is 1. The van der Waals surface area contributed by atoms with Crippen LogP contribution in [0.4, 0.5) is 0 Å². The predicted molar refractivity (Wildman–Crippen MR) is 113 cm³/mol. The Hall–Kier alpha value is -4.05. The highest BCUT2D eigenvalue weighted by Gasteiger charge is 2.34. The number of furan rings is 1. The van der Waals surface area contributed by atoms with Crippen molar-refractivity contribution in [3.8, 4) is 11.8 Å². The van der Waals surface area contributed by atoms with Crippen LogP contribution < -0.4 is 4.74 Å². The Balaban J connectivity index is 1.28. The van der Waals surface area contributed by atoms with E-state index in [-0.39, 0.29) is 18.6 Å². The van der Waals surface area contributed by atoms with E-state index in [0.29, 0.717) is 29.4 Å². The Bertz CT molecular complexity index is 1230. The summed E-state index contributed by atoms with van der Waals surface area (Å²) in [5, 5.41) is 8.86. The van der Waals surface area contributed by atoms with Gasteiger partial charge in [0.15, 0.2) is 5.76 Å². The van der Waals surface area contributed by atoms with Gasteiger partial charge in [0.05, 0.1) is 28.7 Å². The molecule has 1 unspecified atom stereocenters. The maximum Gasteiger partial charge on any atom is 0.290 e. The minimum Gasteiger partial charge on any atom is -0.486 e. The molecule has 7 nitrogen and oxygen atoms in total. The van der Waals surface area contributed by atoms with Gasteiger partial charge in [-0.2, -0.15) is 5.26 Å². The molecule has 0 aliphatic carbocycles. The van der Waals surface area contributed by atoms with E-state index in [1.54, 1.807) is 36.4 Å². The Kier molecular flexibility index (Phi) is 4.89. The third-order valence-electron chi connectivity index (χ3n) is 5.47. The van der Waals surface area contributed by atoms with Crippen LogP contribution >= 0.6 is 0 Å². The summed E-state index contributed by atoms with van der Waals surface area (Å²) in [6.45, 7) is 0.866. The molecule has 1 N–H and O–H groups in total. The lowest BCUT2D eigenvalue weighted by atomic mass is 10.2. The molecular formula is C24H20N4O3. The number of fused-ring (bicyclic) bond motifs is 1. The summed E-state index contributed by atoms with van der Waals surface area (Å²) in [6.07, 6.45) is 1.78. The fourth-order valence-electron chi connectivity index (χ4n) is 3.92. The molecule has 31 heavy (non-hydrogen) atoms. The molecule has 0 radical (unpaired) electrons. The minimum absolute atomic E-state index is 0.0941. The Morgan fingerprint density at radius 3 is 2.84 bits per heavy atom. The number of carbonyl (C=O) groups is 1. The fraction of sp³-hybridized carbons (Fsp3) is 0.208. The normalized spacial score (nSPS) is 15.8. The number of para-hydroxylation sites is 2. The van der Waals surface area contributed by atoms with Crippen molar-refractivity contribution < 1.29 is 13.9 Å². The number of aromatic amines is 1. The van der Waals surface area contributed by atoms with Crippen molar-refractivity contribution in [3.63, 3.8) is 0 Å². The lowest BCUT2D eigenvalue weighted by molar-refractivity contribution is 0.0694. The van der Waals surface area contributed by atoms with Gasteiger partial charge in [-0.15, -0.1) is 0 Å². The van der Waals surface area contributed by atoms with E-state index in [1.807, 2.05) is 29.2 Å². The molecule has 0 bridgehead atoms. The molecule has 1 aliphatic heterocycles. The van der Waals surface area contributed by atoms with Crippen LogP contribution in [0.25, 0.3) is 11.0 Å². The number of hydrogen-bond acceptors (Lipinski definition) is 5. The zero-order valence-electron chi connectivity index (χ0n) is 16.7. The molecular weight excluding hydrogens is 392 g/mol. The van der Waals surface area contributed by atoms with E-state index in [9.17, 15) is 4.79 Å². The Morgan fingerprint density at radius 1 is 1.19 bits per heavy atom. The molecule has 2 aromatic heterocycles. The number of carbonyl (C=O) groups excluding carboxylic acids is 1. The second-order valence-corrected chi connectivity index (χ2v) is 7.49. The molecule has 5 rings (SSSR count). The van der Waals surface area contributed by atoms with Crippen LogP contribution in [0.3, 0.4) is 0 Å². The maximum atomic E-state index is 13.1. The number of ether oxygens (including phenoxy) is 1. The summed E-state index contributed by atoms with van der Waals surface area (Å²) < 4.78 is 11.5. The number of benzene rings is 2. The van der Waals surface area contributed by atoms with Crippen molar-refractivity contribution in [1.82, 2.24) is 14.9 Å². The first-order valence-electron chi connectivity index (χ1n) is 10.2. The zero-order valence-corrected chi connectivity index (χ0v) is 16.7. The zero-order chi connectivity index (χ0) is 21.2. The molecule has 154 valence electrons. The number of nitriles is 1. The molecule has 1 atom stereocenters. The van der Waals surface area contributed by atoms with E-state index in [1.165, 1.54) is 0 Å². The number of hydrogen-bond donors (Lipinski definition) is 1. The van der Waals surface area contributed by atoms with Gasteiger partial charge in [-0.05, 0) is 61.4 Å². The second kappa shape index (κ2) is 8.00. The first-order valence-corrected chi connectivity index (χ1v) is 10.2. The lowest BCUT2D eigenvalue weighted by Gasteiger charge is -2.22. The van der Waals surface area contributed by atoms with Crippen LogP contribution in [0, 0.1) is 11.3 Å². The van der Waals surface area contributed by atoms with Gasteiger partial charge in [-0.25, -0.2) is 4.98 Å². The summed E-state index contributed by atoms with van der Waals surface area (Å²) in [5.41, 5.74) is 2.44. The van der Waals surface area contributed by atoms with Gasteiger partial charge in [0, 0.05) is 6.54 Å². The van der Waals surface area contributed by atoms with Crippen LogP contribution in [0.15, 0.2) is 65.1 Å². The molecule has 1 aliphatic rings. The summed E-state index contributed by atoms with van der Waals surface area (Å²) >= 11 is 0. The van der Waals surface area contributed by atoms with Gasteiger partial charge in [0.1, 0.15) is 23.9 Å². The van der Waals surface area contributed by atoms with Crippen molar-refractivity contribution in [1.29, 1.82) is 5.26 Å². The second-order valence-electron chi connectivity index (χ2n) is 7.49. The van der Waals surface area contributed by atoms with Crippen molar-refractivity contribution in [2.45, 2.75) is 25.5 Å². The fourth-order valence-corrected chi connectivity index (χ4v) is 3.92. The SMILES string of the molecule is N#Cc1ccc(OCc2ccc(C(=O)N3CCCC3c3nc4ccccc4[nH]3)o2)cc1. The van der Waals surface area contributed by atoms with Crippen LogP contribution in [-0.2, 0) is 6.61 Å². The maximum absolute atomic E-state index is 13.1. The number of aromatic nitrogens is 2. The molecule has 4 aromatic rings. The van der Waals surface area contributed by atoms with Crippen LogP contribution in [0.5, 0.6) is 5.75 Å². The smallest absolute Gasteiger partial charge is 0.290 e. The molecule has 3 heterocycles. The third kappa shape index (κ3) is 3.76. The van der Waals surface area contributed by atoms with E-state index in [0.717, 1.165) is 29.7 Å². The summed E-state index contributed by atoms with van der Waals surface area (Å²) in [6, 6.07) is 20.1. The van der Waals surface area contributed by atoms with Crippen LogP contribution in [0.1, 0.15) is 46.6 Å². The standard InChI is InChI=1S/C24H20N4O3/c25-14-16-7-9-17(10-8-16)30-15-18-11-12-22(31-18)24(29)28-13-3-6-21(28)23-26-19-4-1-2-5-20(19)27-23/h1-2,4-5,7-12,21H,3,6,13,15H2,(H,26,27). The number of H-pyrrole nitrogens is 1. The average Bonchev–Trinajstić information content (AvgIpc) is 3.56. The highest BCUT2D eigenvalue weighted by atomic mass is 16.5. The van der Waals surface area contributed by atoms with Gasteiger partial charge in [-0.1, -0.05) is 12.1 Å². The van der Waals surface area contributed by atoms with Crippen molar-refractivity contribution in [2.24, 2.45) is 0 Å². The van der Waals surface area contributed by atoms with E-state index in [2.05, 4.69) is 16.0 Å². The van der Waals surface area contributed by atoms with Crippen molar-refractivity contribution in [2.75, 3.05) is 6.54 Å². The number of rotatable bonds is 5. The quantitative estimate of drug-likeness (QED) is 0.517. The lowest BCUT2D eigenvalue weighted by Crippen LogP contribution is -2.30.